The fourth-order valence-electron chi connectivity index (χ4n) is 2.26. The number of ether oxygens (including phenoxy) is 1. The van der Waals surface area contributed by atoms with Crippen molar-refractivity contribution >= 4 is 11.6 Å². The fourth-order valence-corrected chi connectivity index (χ4v) is 2.26. The van der Waals surface area contributed by atoms with Crippen molar-refractivity contribution in [3.63, 3.8) is 0 Å². The number of fused-ring (bicyclic) bond motifs is 1. The zero-order valence-electron chi connectivity index (χ0n) is 11.8. The average Bonchev–Trinajstić information content (AvgIpc) is 2.53. The minimum Gasteiger partial charge on any atom is -0.482 e. The summed E-state index contributed by atoms with van der Waals surface area (Å²) in [4.78, 5) is 15.5. The summed E-state index contributed by atoms with van der Waals surface area (Å²) in [6, 6.07) is 10.0. The number of carbonyl (C=O) groups is 1. The molecule has 0 saturated heterocycles. The first-order valence-corrected chi connectivity index (χ1v) is 6.91. The van der Waals surface area contributed by atoms with Crippen LogP contribution in [-0.4, -0.2) is 17.5 Å². The van der Waals surface area contributed by atoms with Crippen LogP contribution >= 0.6 is 0 Å². The molecule has 2 heterocycles. The van der Waals surface area contributed by atoms with Crippen molar-refractivity contribution in [2.24, 2.45) is 0 Å². The molecule has 5 nitrogen and oxygen atoms in total. The maximum Gasteiger partial charge on any atom is 0.262 e. The van der Waals surface area contributed by atoms with Crippen LogP contribution in [-0.2, 0) is 11.3 Å². The number of nitrogens with one attached hydrogen (secondary N) is 2. The number of rotatable bonds is 4. The molecule has 3 rings (SSSR count). The third-order valence-corrected chi connectivity index (χ3v) is 3.47. The standard InChI is InChI=1S/C16H17N3O2/c1-11(13-3-2-6-17-9-13)18-8-12-4-5-15-14(7-12)19-16(20)10-21-15/h2-7,9,11,18H,8,10H2,1H3,(H,19,20). The maximum absolute atomic E-state index is 11.3. The van der Waals surface area contributed by atoms with Gasteiger partial charge in [0.05, 0.1) is 5.69 Å². The van der Waals surface area contributed by atoms with Gasteiger partial charge in [0, 0.05) is 25.0 Å². The molecule has 2 aromatic rings. The van der Waals surface area contributed by atoms with Crippen molar-refractivity contribution in [3.05, 3.63) is 53.9 Å². The van der Waals surface area contributed by atoms with Crippen molar-refractivity contribution in [1.29, 1.82) is 0 Å². The summed E-state index contributed by atoms with van der Waals surface area (Å²) in [5.74, 6) is 0.606. The topological polar surface area (TPSA) is 63.2 Å². The maximum atomic E-state index is 11.3. The Morgan fingerprint density at radius 2 is 2.33 bits per heavy atom. The predicted octanol–water partition coefficient (Wildman–Crippen LogP) is 2.26. The second-order valence-electron chi connectivity index (χ2n) is 5.06. The third-order valence-electron chi connectivity index (χ3n) is 3.47. The van der Waals surface area contributed by atoms with Crippen LogP contribution in [0.4, 0.5) is 5.69 Å². The number of aromatic nitrogens is 1. The first-order valence-electron chi connectivity index (χ1n) is 6.91. The van der Waals surface area contributed by atoms with E-state index in [2.05, 4.69) is 22.5 Å². The minimum atomic E-state index is -0.115. The number of pyridine rings is 1. The lowest BCUT2D eigenvalue weighted by atomic mass is 10.1. The highest BCUT2D eigenvalue weighted by molar-refractivity contribution is 5.95. The van der Waals surface area contributed by atoms with E-state index in [4.69, 9.17) is 4.74 Å². The van der Waals surface area contributed by atoms with Crippen molar-refractivity contribution in [1.82, 2.24) is 10.3 Å². The normalized spacial score (nSPS) is 14.8. The van der Waals surface area contributed by atoms with Crippen LogP contribution in [0.3, 0.4) is 0 Å². The summed E-state index contributed by atoms with van der Waals surface area (Å²) in [5, 5.41) is 6.26. The van der Waals surface area contributed by atoms with Crippen LogP contribution in [0.25, 0.3) is 0 Å². The highest BCUT2D eigenvalue weighted by Crippen LogP contribution is 2.28. The Bertz CT molecular complexity index is 643. The smallest absolute Gasteiger partial charge is 0.262 e. The molecule has 108 valence electrons. The summed E-state index contributed by atoms with van der Waals surface area (Å²) in [6.07, 6.45) is 3.63. The summed E-state index contributed by atoms with van der Waals surface area (Å²) in [5.41, 5.74) is 2.97. The van der Waals surface area contributed by atoms with Crippen LogP contribution < -0.4 is 15.4 Å². The van der Waals surface area contributed by atoms with Crippen molar-refractivity contribution in [2.75, 3.05) is 11.9 Å². The predicted molar refractivity (Wildman–Crippen MR) is 80.1 cm³/mol. The Hall–Kier alpha value is -2.40. The van der Waals surface area contributed by atoms with Crippen LogP contribution in [0.2, 0.25) is 0 Å². The number of amides is 1. The lowest BCUT2D eigenvalue weighted by Gasteiger charge is -2.19. The van der Waals surface area contributed by atoms with E-state index in [-0.39, 0.29) is 18.6 Å². The molecule has 1 unspecified atom stereocenters. The Balaban J connectivity index is 1.66. The van der Waals surface area contributed by atoms with Gasteiger partial charge < -0.3 is 15.4 Å². The number of hydrogen-bond donors (Lipinski definition) is 2. The van der Waals surface area contributed by atoms with Gasteiger partial charge in [-0.3, -0.25) is 9.78 Å². The quantitative estimate of drug-likeness (QED) is 0.903. The minimum absolute atomic E-state index is 0.0860. The van der Waals surface area contributed by atoms with Gasteiger partial charge in [-0.1, -0.05) is 12.1 Å². The molecule has 21 heavy (non-hydrogen) atoms. The van der Waals surface area contributed by atoms with E-state index < -0.39 is 0 Å². The van der Waals surface area contributed by atoms with E-state index in [1.807, 2.05) is 36.5 Å². The highest BCUT2D eigenvalue weighted by atomic mass is 16.5. The Morgan fingerprint density at radius 1 is 1.43 bits per heavy atom. The second kappa shape index (κ2) is 5.93. The van der Waals surface area contributed by atoms with E-state index in [1.165, 1.54) is 0 Å². The van der Waals surface area contributed by atoms with Crippen LogP contribution in [0.5, 0.6) is 5.75 Å². The van der Waals surface area contributed by atoms with E-state index in [1.54, 1.807) is 6.20 Å². The third kappa shape index (κ3) is 3.20. The van der Waals surface area contributed by atoms with Crippen molar-refractivity contribution in [2.45, 2.75) is 19.5 Å². The monoisotopic (exact) mass is 283 g/mol. The largest absolute Gasteiger partial charge is 0.482 e. The molecule has 0 spiro atoms. The molecular formula is C16H17N3O2. The van der Waals surface area contributed by atoms with Gasteiger partial charge in [0.2, 0.25) is 0 Å². The van der Waals surface area contributed by atoms with Gasteiger partial charge in [-0.05, 0) is 36.2 Å². The van der Waals surface area contributed by atoms with Gasteiger partial charge in [-0.25, -0.2) is 0 Å². The van der Waals surface area contributed by atoms with Crippen LogP contribution in [0.1, 0.15) is 24.1 Å². The summed E-state index contributed by atoms with van der Waals surface area (Å²) in [6.45, 7) is 2.89. The Kier molecular flexibility index (Phi) is 3.83. The molecule has 1 aromatic heterocycles. The lowest BCUT2D eigenvalue weighted by Crippen LogP contribution is -2.25. The number of carbonyl (C=O) groups excluding carboxylic acids is 1. The molecule has 0 bridgehead atoms. The number of hydrogen-bond acceptors (Lipinski definition) is 4. The molecule has 0 aliphatic carbocycles. The summed E-state index contributed by atoms with van der Waals surface area (Å²) < 4.78 is 5.34. The zero-order chi connectivity index (χ0) is 14.7. The lowest BCUT2D eigenvalue weighted by molar-refractivity contribution is -0.118. The molecular weight excluding hydrogens is 266 g/mol. The second-order valence-corrected chi connectivity index (χ2v) is 5.06. The molecule has 1 aromatic carbocycles. The Morgan fingerprint density at radius 3 is 3.14 bits per heavy atom. The van der Waals surface area contributed by atoms with E-state index in [0.717, 1.165) is 22.6 Å². The van der Waals surface area contributed by atoms with E-state index in [9.17, 15) is 4.79 Å². The average molecular weight is 283 g/mol. The summed E-state index contributed by atoms with van der Waals surface area (Å²) >= 11 is 0. The zero-order valence-corrected chi connectivity index (χ0v) is 11.8. The van der Waals surface area contributed by atoms with Gasteiger partial charge in [0.1, 0.15) is 5.75 Å². The molecule has 1 amide bonds. The molecule has 5 heteroatoms. The first-order chi connectivity index (χ1) is 10.2. The molecule has 1 aliphatic rings. The van der Waals surface area contributed by atoms with E-state index in [0.29, 0.717) is 6.54 Å². The van der Waals surface area contributed by atoms with Gasteiger partial charge in [-0.2, -0.15) is 0 Å². The van der Waals surface area contributed by atoms with Gasteiger partial charge >= 0.3 is 0 Å². The van der Waals surface area contributed by atoms with Crippen molar-refractivity contribution in [3.8, 4) is 5.75 Å². The fraction of sp³-hybridized carbons (Fsp3) is 0.250. The van der Waals surface area contributed by atoms with Crippen molar-refractivity contribution < 1.29 is 9.53 Å². The molecule has 2 N–H and O–H groups in total. The van der Waals surface area contributed by atoms with Crippen LogP contribution in [0.15, 0.2) is 42.7 Å². The van der Waals surface area contributed by atoms with Gasteiger partial charge in [0.15, 0.2) is 6.61 Å². The van der Waals surface area contributed by atoms with E-state index >= 15 is 0 Å². The first kappa shape index (κ1) is 13.6. The van der Waals surface area contributed by atoms with Gasteiger partial charge in [0.25, 0.3) is 5.91 Å². The van der Waals surface area contributed by atoms with Crippen LogP contribution in [0, 0.1) is 0 Å². The molecule has 1 atom stereocenters. The SMILES string of the molecule is CC(NCc1ccc2c(c1)NC(=O)CO2)c1cccnc1. The molecule has 0 radical (unpaired) electrons. The van der Waals surface area contributed by atoms with Gasteiger partial charge in [-0.15, -0.1) is 0 Å². The molecule has 0 fully saturated rings. The summed E-state index contributed by atoms with van der Waals surface area (Å²) in [7, 11) is 0. The number of benzene rings is 1. The highest BCUT2D eigenvalue weighted by Gasteiger charge is 2.16. The number of anilines is 1. The molecule has 1 aliphatic heterocycles. The Labute approximate surface area is 123 Å². The number of nitrogens with zero attached hydrogens (tertiary/aromatic N) is 1. The molecule has 0 saturated carbocycles.